The van der Waals surface area contributed by atoms with Gasteiger partial charge in [-0.25, -0.2) is 9.78 Å². The second-order valence-electron chi connectivity index (χ2n) is 10.3. The van der Waals surface area contributed by atoms with Gasteiger partial charge >= 0.3 is 6.09 Å². The molecule has 0 unspecified atom stereocenters. The Hall–Kier alpha value is -2.61. The number of aromatic nitrogens is 3. The number of ether oxygens (including phenoxy) is 1. The Labute approximate surface area is 195 Å². The van der Waals surface area contributed by atoms with Crippen LogP contribution >= 0.6 is 0 Å². The van der Waals surface area contributed by atoms with E-state index in [1.54, 1.807) is 0 Å². The van der Waals surface area contributed by atoms with Crippen LogP contribution < -0.4 is 4.90 Å². The minimum atomic E-state index is -0.144. The average Bonchev–Trinajstić information content (AvgIpc) is 3.38. The molecule has 4 heterocycles. The molecule has 2 aliphatic heterocycles. The molecule has 2 aliphatic carbocycles. The molecule has 33 heavy (non-hydrogen) atoms. The van der Waals surface area contributed by atoms with Crippen molar-refractivity contribution in [1.82, 2.24) is 24.6 Å². The quantitative estimate of drug-likeness (QED) is 0.696. The van der Waals surface area contributed by atoms with Crippen molar-refractivity contribution in [2.45, 2.75) is 51.1 Å². The molecule has 2 aromatic rings. The number of piperazine rings is 1. The second kappa shape index (κ2) is 8.31. The Kier molecular flexibility index (Phi) is 5.28. The lowest BCUT2D eigenvalue weighted by atomic mass is 9.78. The van der Waals surface area contributed by atoms with E-state index >= 15 is 0 Å². The van der Waals surface area contributed by atoms with Crippen molar-refractivity contribution in [3.63, 3.8) is 0 Å². The number of amides is 1. The van der Waals surface area contributed by atoms with Gasteiger partial charge in [0.25, 0.3) is 0 Å². The predicted octanol–water partition coefficient (Wildman–Crippen LogP) is 3.41. The van der Waals surface area contributed by atoms with Gasteiger partial charge in [0.15, 0.2) is 0 Å². The average molecular weight is 451 g/mol. The highest BCUT2D eigenvalue weighted by Crippen LogP contribution is 2.47. The van der Waals surface area contributed by atoms with Crippen LogP contribution in [0, 0.1) is 5.41 Å². The highest BCUT2D eigenvalue weighted by Gasteiger charge is 2.51. The molecule has 2 saturated carbocycles. The zero-order valence-corrected chi connectivity index (χ0v) is 19.5. The number of hydrogen-bond acceptors (Lipinski definition) is 6. The topological polar surface area (TPSA) is 66.7 Å². The van der Waals surface area contributed by atoms with Gasteiger partial charge in [-0.1, -0.05) is 0 Å². The van der Waals surface area contributed by atoms with Crippen LogP contribution in [0.4, 0.5) is 10.6 Å². The van der Waals surface area contributed by atoms with Crippen molar-refractivity contribution >= 4 is 11.9 Å². The van der Waals surface area contributed by atoms with Gasteiger partial charge < -0.3 is 14.5 Å². The van der Waals surface area contributed by atoms with Crippen molar-refractivity contribution in [2.75, 3.05) is 50.8 Å². The molecule has 0 bridgehead atoms. The zero-order chi connectivity index (χ0) is 22.4. The van der Waals surface area contributed by atoms with E-state index in [-0.39, 0.29) is 6.09 Å². The number of hydrogen-bond donors (Lipinski definition) is 0. The summed E-state index contributed by atoms with van der Waals surface area (Å²) in [5, 5.41) is 4.59. The summed E-state index contributed by atoms with van der Waals surface area (Å²) < 4.78 is 7.28. The largest absolute Gasteiger partial charge is 0.450 e. The highest BCUT2D eigenvalue weighted by atomic mass is 16.6. The van der Waals surface area contributed by atoms with E-state index in [0.717, 1.165) is 45.1 Å². The minimum absolute atomic E-state index is 0.144. The van der Waals surface area contributed by atoms with Crippen LogP contribution in [0.2, 0.25) is 0 Å². The van der Waals surface area contributed by atoms with Crippen LogP contribution in [0.3, 0.4) is 0 Å². The van der Waals surface area contributed by atoms with Crippen LogP contribution in [0.25, 0.3) is 11.1 Å². The van der Waals surface area contributed by atoms with E-state index < -0.39 is 0 Å². The lowest BCUT2D eigenvalue weighted by Gasteiger charge is -2.48. The van der Waals surface area contributed by atoms with Crippen molar-refractivity contribution < 1.29 is 9.53 Å². The third-order valence-corrected chi connectivity index (χ3v) is 8.01. The number of carbonyl (C=O) groups excluding carboxylic acids is 1. The fourth-order valence-electron chi connectivity index (χ4n) is 6.07. The normalized spacial score (nSPS) is 24.8. The third-order valence-electron chi connectivity index (χ3n) is 8.01. The van der Waals surface area contributed by atoms with Gasteiger partial charge in [0.1, 0.15) is 5.82 Å². The molecule has 1 spiro atoms. The summed E-state index contributed by atoms with van der Waals surface area (Å²) in [6.07, 6.45) is 12.1. The van der Waals surface area contributed by atoms with Crippen molar-refractivity contribution in [2.24, 2.45) is 5.41 Å². The molecule has 4 aliphatic rings. The molecule has 8 nitrogen and oxygen atoms in total. The SMILES string of the molecule is CCOC(=O)N1CC2(CC[C@@H](N3CCN(c4ncccc4-c4cnn(C5CC5)c4)CC3)C2)C1. The van der Waals surface area contributed by atoms with Crippen LogP contribution in [-0.2, 0) is 4.74 Å². The first-order valence-corrected chi connectivity index (χ1v) is 12.5. The van der Waals surface area contributed by atoms with Gasteiger partial charge in [-0.3, -0.25) is 9.58 Å². The first-order chi connectivity index (χ1) is 16.1. The number of anilines is 1. The maximum Gasteiger partial charge on any atom is 0.409 e. The summed E-state index contributed by atoms with van der Waals surface area (Å²) in [6, 6.07) is 5.43. The predicted molar refractivity (Wildman–Crippen MR) is 126 cm³/mol. The monoisotopic (exact) mass is 450 g/mol. The lowest BCUT2D eigenvalue weighted by Crippen LogP contribution is -2.58. The Balaban J connectivity index is 1.06. The van der Waals surface area contributed by atoms with E-state index in [4.69, 9.17) is 9.72 Å². The smallest absolute Gasteiger partial charge is 0.409 e. The van der Waals surface area contributed by atoms with Gasteiger partial charge in [0.05, 0.1) is 18.8 Å². The Morgan fingerprint density at radius 3 is 2.73 bits per heavy atom. The Morgan fingerprint density at radius 2 is 1.97 bits per heavy atom. The van der Waals surface area contributed by atoms with Crippen molar-refractivity contribution in [3.8, 4) is 11.1 Å². The van der Waals surface area contributed by atoms with Gasteiger partial charge in [-0.15, -0.1) is 0 Å². The summed E-state index contributed by atoms with van der Waals surface area (Å²) in [5.41, 5.74) is 2.68. The molecular formula is C25H34N6O2. The Bertz CT molecular complexity index is 1000. The molecule has 2 saturated heterocycles. The molecular weight excluding hydrogens is 416 g/mol. The van der Waals surface area contributed by atoms with Crippen LogP contribution in [0.1, 0.15) is 45.1 Å². The molecule has 1 amide bonds. The first-order valence-electron chi connectivity index (χ1n) is 12.5. The van der Waals surface area contributed by atoms with Gasteiger partial charge in [-0.2, -0.15) is 5.10 Å². The molecule has 8 heteroatoms. The Morgan fingerprint density at radius 1 is 1.15 bits per heavy atom. The summed E-state index contributed by atoms with van der Waals surface area (Å²) in [7, 11) is 0. The highest BCUT2D eigenvalue weighted by molar-refractivity contribution is 5.75. The van der Waals surface area contributed by atoms with Gasteiger partial charge in [0, 0.05) is 74.2 Å². The van der Waals surface area contributed by atoms with E-state index in [1.165, 1.54) is 43.2 Å². The zero-order valence-electron chi connectivity index (χ0n) is 19.5. The fraction of sp³-hybridized carbons (Fsp3) is 0.640. The maximum absolute atomic E-state index is 12.0. The molecule has 176 valence electrons. The van der Waals surface area contributed by atoms with Crippen LogP contribution in [0.5, 0.6) is 0 Å². The number of nitrogens with zero attached hydrogens (tertiary/aromatic N) is 6. The molecule has 0 N–H and O–H groups in total. The lowest BCUT2D eigenvalue weighted by molar-refractivity contribution is -0.00294. The van der Waals surface area contributed by atoms with Crippen LogP contribution in [-0.4, -0.2) is 82.6 Å². The number of rotatable bonds is 5. The molecule has 2 aromatic heterocycles. The second-order valence-corrected chi connectivity index (χ2v) is 10.3. The van der Waals surface area contributed by atoms with Crippen LogP contribution in [0.15, 0.2) is 30.7 Å². The molecule has 0 aromatic carbocycles. The van der Waals surface area contributed by atoms with Gasteiger partial charge in [-0.05, 0) is 51.2 Å². The van der Waals surface area contributed by atoms with E-state index in [0.29, 0.717) is 24.1 Å². The first kappa shape index (κ1) is 21.0. The van der Waals surface area contributed by atoms with Crippen molar-refractivity contribution in [3.05, 3.63) is 30.7 Å². The summed E-state index contributed by atoms with van der Waals surface area (Å²) in [4.78, 5) is 23.7. The standard InChI is InChI=1S/C25H34N6O2/c1-2-33-24(32)30-17-25(18-30)8-7-21(14-25)28-10-12-29(13-11-28)23-22(4-3-9-26-23)19-15-27-31(16-19)20-5-6-20/h3-4,9,15-16,20-21H,2,5-8,10-14,17-18H2,1H3/t21-/m1/s1. The molecule has 0 radical (unpaired) electrons. The third kappa shape index (κ3) is 3.98. The minimum Gasteiger partial charge on any atom is -0.450 e. The van der Waals surface area contributed by atoms with Crippen molar-refractivity contribution in [1.29, 1.82) is 0 Å². The van der Waals surface area contributed by atoms with E-state index in [2.05, 4.69) is 31.8 Å². The summed E-state index contributed by atoms with van der Waals surface area (Å²) in [6.45, 7) is 8.20. The van der Waals surface area contributed by atoms with Gasteiger partial charge in [0.2, 0.25) is 0 Å². The number of pyridine rings is 1. The number of likely N-dealkylation sites (tertiary alicyclic amines) is 1. The van der Waals surface area contributed by atoms with E-state index in [1.807, 2.05) is 30.3 Å². The molecule has 1 atom stereocenters. The number of carbonyl (C=O) groups is 1. The molecule has 6 rings (SSSR count). The summed E-state index contributed by atoms with van der Waals surface area (Å²) in [5.74, 6) is 1.08. The fourth-order valence-corrected chi connectivity index (χ4v) is 6.07. The maximum atomic E-state index is 12.0. The summed E-state index contributed by atoms with van der Waals surface area (Å²) >= 11 is 0. The molecule has 4 fully saturated rings. The van der Waals surface area contributed by atoms with E-state index in [9.17, 15) is 4.79 Å².